The molecule has 2 fully saturated rings. The van der Waals surface area contributed by atoms with Gasteiger partial charge in [0.05, 0.1) is 59.8 Å². The number of aromatic nitrogens is 4. The molecule has 6 rings (SSSR count). The molecule has 12 heteroatoms. The minimum Gasteiger partial charge on any atom is -0.478 e. The molecule has 4 aromatic rings. The molecule has 2 aliphatic rings. The zero-order valence-corrected chi connectivity index (χ0v) is 22.9. The molecule has 42 heavy (non-hydrogen) atoms. The molecular weight excluding hydrogens is 541 g/mol. The van der Waals surface area contributed by atoms with Crippen molar-refractivity contribution >= 4 is 22.8 Å². The van der Waals surface area contributed by atoms with Crippen molar-refractivity contribution in [3.05, 3.63) is 77.1 Å². The number of nitrogens with one attached hydrogen (secondary N) is 1. The van der Waals surface area contributed by atoms with Gasteiger partial charge in [-0.2, -0.15) is 10.2 Å². The van der Waals surface area contributed by atoms with Crippen molar-refractivity contribution < 1.29 is 23.8 Å². The van der Waals surface area contributed by atoms with E-state index < -0.39 is 11.8 Å². The number of benzene rings is 2. The topological polar surface area (TPSA) is 138 Å². The van der Waals surface area contributed by atoms with Crippen LogP contribution in [0.5, 0.6) is 5.88 Å². The van der Waals surface area contributed by atoms with E-state index in [-0.39, 0.29) is 35.8 Å². The number of piperidine rings is 1. The summed E-state index contributed by atoms with van der Waals surface area (Å²) in [6.45, 7) is 3.74. The number of halogens is 1. The van der Waals surface area contributed by atoms with Crippen LogP contribution >= 0.6 is 0 Å². The lowest BCUT2D eigenvalue weighted by Gasteiger charge is -2.33. The van der Waals surface area contributed by atoms with Crippen molar-refractivity contribution in [2.24, 2.45) is 0 Å². The van der Waals surface area contributed by atoms with Gasteiger partial charge in [0.15, 0.2) is 0 Å². The van der Waals surface area contributed by atoms with Gasteiger partial charge in [0.1, 0.15) is 24.1 Å². The zero-order valence-electron chi connectivity index (χ0n) is 22.9. The van der Waals surface area contributed by atoms with Gasteiger partial charge in [-0.1, -0.05) is 6.07 Å². The SMILES string of the molecule is N#Cc1ccc(COc2cncc(NC3CCN(Cc4nc5ccc(C(=O)O)cc5n4CC4CCO4)CC3)n2)c(F)c1. The van der Waals surface area contributed by atoms with Gasteiger partial charge < -0.3 is 24.5 Å². The lowest BCUT2D eigenvalue weighted by molar-refractivity contribution is -0.0592. The van der Waals surface area contributed by atoms with Crippen molar-refractivity contribution in [2.45, 2.75) is 51.1 Å². The number of anilines is 1. The Hall–Kier alpha value is -4.60. The molecule has 2 aliphatic heterocycles. The molecule has 1 atom stereocenters. The molecule has 0 bridgehead atoms. The molecule has 2 aromatic carbocycles. The van der Waals surface area contributed by atoms with E-state index in [2.05, 4.69) is 24.8 Å². The Labute approximate surface area is 241 Å². The first-order chi connectivity index (χ1) is 20.4. The number of nitriles is 1. The summed E-state index contributed by atoms with van der Waals surface area (Å²) in [6, 6.07) is 11.4. The van der Waals surface area contributed by atoms with E-state index in [9.17, 15) is 14.3 Å². The summed E-state index contributed by atoms with van der Waals surface area (Å²) in [5.74, 6) is 0.316. The van der Waals surface area contributed by atoms with E-state index >= 15 is 0 Å². The highest BCUT2D eigenvalue weighted by Crippen LogP contribution is 2.25. The number of carboxylic acid groups (broad SMARTS) is 1. The van der Waals surface area contributed by atoms with Gasteiger partial charge in [-0.05, 0) is 49.6 Å². The van der Waals surface area contributed by atoms with E-state index in [1.807, 2.05) is 6.07 Å². The molecule has 0 saturated carbocycles. The molecule has 0 radical (unpaired) electrons. The predicted molar refractivity (Wildman–Crippen MR) is 150 cm³/mol. The number of hydrogen-bond donors (Lipinski definition) is 2. The summed E-state index contributed by atoms with van der Waals surface area (Å²) in [5, 5.41) is 21.8. The second-order valence-electron chi connectivity index (χ2n) is 10.6. The summed E-state index contributed by atoms with van der Waals surface area (Å²) in [6.07, 6.45) is 5.99. The van der Waals surface area contributed by atoms with Gasteiger partial charge >= 0.3 is 5.97 Å². The van der Waals surface area contributed by atoms with E-state index in [1.54, 1.807) is 30.5 Å². The Morgan fingerprint density at radius 3 is 2.71 bits per heavy atom. The minimum atomic E-state index is -0.956. The molecule has 11 nitrogen and oxygen atoms in total. The number of ether oxygens (including phenoxy) is 2. The van der Waals surface area contributed by atoms with Crippen LogP contribution in [-0.2, 0) is 24.4 Å². The maximum atomic E-state index is 14.2. The lowest BCUT2D eigenvalue weighted by atomic mass is 10.1. The second-order valence-corrected chi connectivity index (χ2v) is 10.6. The van der Waals surface area contributed by atoms with Gasteiger partial charge in [0.2, 0.25) is 5.88 Å². The van der Waals surface area contributed by atoms with Gasteiger partial charge in [-0.15, -0.1) is 0 Å². The van der Waals surface area contributed by atoms with E-state index in [4.69, 9.17) is 19.7 Å². The van der Waals surface area contributed by atoms with Crippen molar-refractivity contribution in [1.29, 1.82) is 5.26 Å². The molecule has 0 amide bonds. The second kappa shape index (κ2) is 12.1. The van der Waals surface area contributed by atoms with Crippen molar-refractivity contribution in [3.63, 3.8) is 0 Å². The van der Waals surface area contributed by atoms with Crippen molar-refractivity contribution in [1.82, 2.24) is 24.4 Å². The largest absolute Gasteiger partial charge is 0.478 e. The summed E-state index contributed by atoms with van der Waals surface area (Å²) in [7, 11) is 0. The number of nitrogens with zero attached hydrogens (tertiary/aromatic N) is 6. The number of imidazole rings is 1. The number of carbonyl (C=O) groups is 1. The quantitative estimate of drug-likeness (QED) is 0.287. The Morgan fingerprint density at radius 2 is 2.00 bits per heavy atom. The molecule has 2 saturated heterocycles. The molecule has 1 unspecified atom stereocenters. The Kier molecular flexibility index (Phi) is 7.94. The summed E-state index contributed by atoms with van der Waals surface area (Å²) >= 11 is 0. The summed E-state index contributed by atoms with van der Waals surface area (Å²) in [5.41, 5.74) is 2.44. The molecule has 0 aliphatic carbocycles. The fourth-order valence-corrected chi connectivity index (χ4v) is 5.28. The van der Waals surface area contributed by atoms with Crippen LogP contribution in [0.3, 0.4) is 0 Å². The molecule has 216 valence electrons. The van der Waals surface area contributed by atoms with Crippen LogP contribution in [0.2, 0.25) is 0 Å². The molecule has 4 heterocycles. The summed E-state index contributed by atoms with van der Waals surface area (Å²) in [4.78, 5) is 27.5. The van der Waals surface area contributed by atoms with E-state index in [0.29, 0.717) is 24.5 Å². The van der Waals surface area contributed by atoms with Crippen LogP contribution in [0.1, 0.15) is 46.6 Å². The maximum Gasteiger partial charge on any atom is 0.335 e. The number of likely N-dealkylation sites (tertiary alicyclic amines) is 1. The third kappa shape index (κ3) is 6.17. The van der Waals surface area contributed by atoms with E-state index in [0.717, 1.165) is 55.8 Å². The van der Waals surface area contributed by atoms with Gasteiger partial charge in [0, 0.05) is 31.3 Å². The van der Waals surface area contributed by atoms with Crippen molar-refractivity contribution in [2.75, 3.05) is 25.0 Å². The van der Waals surface area contributed by atoms with Gasteiger partial charge in [-0.3, -0.25) is 9.88 Å². The van der Waals surface area contributed by atoms with Crippen LogP contribution in [0.15, 0.2) is 48.8 Å². The van der Waals surface area contributed by atoms with Crippen molar-refractivity contribution in [3.8, 4) is 11.9 Å². The first-order valence-corrected chi connectivity index (χ1v) is 13.9. The van der Waals surface area contributed by atoms with Gasteiger partial charge in [-0.25, -0.2) is 14.2 Å². The fraction of sp³-hybridized carbons (Fsp3) is 0.367. The Morgan fingerprint density at radius 1 is 1.17 bits per heavy atom. The Balaban J connectivity index is 1.06. The molecular formula is C30H30FN7O4. The zero-order chi connectivity index (χ0) is 29.1. The highest BCUT2D eigenvalue weighted by atomic mass is 19.1. The average molecular weight is 572 g/mol. The number of aromatic carboxylic acids is 1. The van der Waals surface area contributed by atoms with E-state index in [1.165, 1.54) is 18.3 Å². The number of carboxylic acids is 1. The van der Waals surface area contributed by atoms with Crippen LogP contribution in [0.25, 0.3) is 11.0 Å². The number of rotatable bonds is 10. The number of fused-ring (bicyclic) bond motifs is 1. The van der Waals surface area contributed by atoms with Crippen LogP contribution in [0.4, 0.5) is 10.2 Å². The molecule has 0 spiro atoms. The predicted octanol–water partition coefficient (Wildman–Crippen LogP) is 3.98. The lowest BCUT2D eigenvalue weighted by Crippen LogP contribution is -2.39. The molecule has 2 aromatic heterocycles. The average Bonchev–Trinajstić information content (AvgIpc) is 3.31. The van der Waals surface area contributed by atoms with Crippen LogP contribution < -0.4 is 10.1 Å². The van der Waals surface area contributed by atoms with Crippen LogP contribution in [0, 0.1) is 17.1 Å². The Bertz CT molecular complexity index is 1640. The highest BCUT2D eigenvalue weighted by molar-refractivity contribution is 5.92. The van der Waals surface area contributed by atoms with Crippen LogP contribution in [-0.4, -0.2) is 67.3 Å². The summed E-state index contributed by atoms with van der Waals surface area (Å²) < 4.78 is 27.6. The smallest absolute Gasteiger partial charge is 0.335 e. The fourth-order valence-electron chi connectivity index (χ4n) is 5.28. The first-order valence-electron chi connectivity index (χ1n) is 13.9. The monoisotopic (exact) mass is 571 g/mol. The standard InChI is InChI=1S/C30H30FN7O4/c31-24-11-19(13-32)1-2-21(24)18-42-29-15-33-14-27(36-29)34-22-5-8-37(9-6-22)17-28-35-25-4-3-20(30(39)40)12-26(25)38(28)16-23-7-10-41-23/h1-4,11-12,14-15,22-23H,5-10,16-18H2,(H,34,36)(H,39,40). The minimum absolute atomic E-state index is 0.0245. The third-order valence-corrected chi connectivity index (χ3v) is 7.73. The third-order valence-electron chi connectivity index (χ3n) is 7.73. The van der Waals surface area contributed by atoms with Gasteiger partial charge in [0.25, 0.3) is 0 Å². The number of hydrogen-bond acceptors (Lipinski definition) is 9. The maximum absolute atomic E-state index is 14.2. The molecule has 2 N–H and O–H groups in total. The first kappa shape index (κ1) is 27.6. The normalized spacial score (nSPS) is 17.5. The highest BCUT2D eigenvalue weighted by Gasteiger charge is 2.25.